The van der Waals surface area contributed by atoms with Crippen LogP contribution in [-0.4, -0.2) is 20.6 Å². The summed E-state index contributed by atoms with van der Waals surface area (Å²) in [4.78, 5) is 0. The Morgan fingerprint density at radius 3 is 2.71 bits per heavy atom. The molecule has 0 fully saturated rings. The van der Waals surface area contributed by atoms with Gasteiger partial charge in [0.1, 0.15) is 5.82 Å². The van der Waals surface area contributed by atoms with Crippen LogP contribution >= 0.6 is 15.9 Å². The molecular weight excluding hydrogens is 280 g/mol. The van der Waals surface area contributed by atoms with Gasteiger partial charge in [0.25, 0.3) is 0 Å². The SMILES string of the molecule is CC(C)(C)C(N)Cc1nnc2ccc(Br)cn12. The van der Waals surface area contributed by atoms with Gasteiger partial charge in [-0.05, 0) is 33.5 Å². The van der Waals surface area contributed by atoms with Crippen molar-refractivity contribution in [2.24, 2.45) is 11.1 Å². The second-order valence-electron chi connectivity index (χ2n) is 5.37. The van der Waals surface area contributed by atoms with E-state index in [2.05, 4.69) is 46.9 Å². The van der Waals surface area contributed by atoms with E-state index in [1.165, 1.54) is 0 Å². The van der Waals surface area contributed by atoms with E-state index in [-0.39, 0.29) is 11.5 Å². The van der Waals surface area contributed by atoms with Gasteiger partial charge in [0.05, 0.1) is 0 Å². The number of nitrogens with two attached hydrogens (primary N) is 1. The normalized spacial score (nSPS) is 14.2. The Labute approximate surface area is 109 Å². The smallest absolute Gasteiger partial charge is 0.160 e. The van der Waals surface area contributed by atoms with E-state index in [0.717, 1.165) is 22.4 Å². The van der Waals surface area contributed by atoms with E-state index in [1.807, 2.05) is 22.7 Å². The van der Waals surface area contributed by atoms with Gasteiger partial charge in [-0.25, -0.2) is 0 Å². The van der Waals surface area contributed by atoms with Crippen molar-refractivity contribution < 1.29 is 0 Å². The molecule has 2 aromatic heterocycles. The monoisotopic (exact) mass is 296 g/mol. The summed E-state index contributed by atoms with van der Waals surface area (Å²) in [6.45, 7) is 6.41. The molecule has 0 saturated carbocycles. The van der Waals surface area contributed by atoms with Crippen LogP contribution in [0.5, 0.6) is 0 Å². The Bertz CT molecular complexity index is 527. The van der Waals surface area contributed by atoms with Crippen molar-refractivity contribution in [1.29, 1.82) is 0 Å². The van der Waals surface area contributed by atoms with Gasteiger partial charge in [0.15, 0.2) is 5.65 Å². The Kier molecular flexibility index (Phi) is 3.23. The van der Waals surface area contributed by atoms with E-state index >= 15 is 0 Å². The number of hydrogen-bond donors (Lipinski definition) is 1. The first kappa shape index (κ1) is 12.5. The van der Waals surface area contributed by atoms with Gasteiger partial charge < -0.3 is 5.73 Å². The lowest BCUT2D eigenvalue weighted by Gasteiger charge is -2.26. The Hall–Kier alpha value is -0.940. The largest absolute Gasteiger partial charge is 0.327 e. The summed E-state index contributed by atoms with van der Waals surface area (Å²) in [6.07, 6.45) is 2.70. The van der Waals surface area contributed by atoms with Crippen LogP contribution in [0.25, 0.3) is 5.65 Å². The second-order valence-corrected chi connectivity index (χ2v) is 6.28. The molecule has 0 spiro atoms. The van der Waals surface area contributed by atoms with Crippen molar-refractivity contribution >= 4 is 21.6 Å². The number of fused-ring (bicyclic) bond motifs is 1. The quantitative estimate of drug-likeness (QED) is 0.926. The first-order chi connectivity index (χ1) is 7.88. The number of hydrogen-bond acceptors (Lipinski definition) is 3. The Morgan fingerprint density at radius 1 is 1.35 bits per heavy atom. The van der Waals surface area contributed by atoms with Gasteiger partial charge >= 0.3 is 0 Å². The third-order valence-electron chi connectivity index (χ3n) is 2.95. The minimum atomic E-state index is 0.0638. The van der Waals surface area contributed by atoms with Gasteiger partial charge in [-0.15, -0.1) is 10.2 Å². The highest BCUT2D eigenvalue weighted by molar-refractivity contribution is 9.10. The fourth-order valence-electron chi connectivity index (χ4n) is 1.55. The lowest BCUT2D eigenvalue weighted by molar-refractivity contribution is 0.314. The maximum atomic E-state index is 6.18. The molecule has 0 aliphatic rings. The minimum Gasteiger partial charge on any atom is -0.327 e. The van der Waals surface area contributed by atoms with Crippen molar-refractivity contribution in [2.45, 2.75) is 33.2 Å². The molecule has 2 aromatic rings. The van der Waals surface area contributed by atoms with Crippen LogP contribution in [0.2, 0.25) is 0 Å². The molecule has 0 saturated heterocycles. The highest BCUT2D eigenvalue weighted by Crippen LogP contribution is 2.21. The number of rotatable bonds is 2. The van der Waals surface area contributed by atoms with Crippen LogP contribution in [0.3, 0.4) is 0 Å². The van der Waals surface area contributed by atoms with Gasteiger partial charge in [0.2, 0.25) is 0 Å². The van der Waals surface area contributed by atoms with E-state index < -0.39 is 0 Å². The Morgan fingerprint density at radius 2 is 2.06 bits per heavy atom. The van der Waals surface area contributed by atoms with Crippen LogP contribution in [0, 0.1) is 5.41 Å². The number of halogens is 1. The maximum Gasteiger partial charge on any atom is 0.160 e. The second kappa shape index (κ2) is 4.38. The lowest BCUT2D eigenvalue weighted by atomic mass is 9.85. The molecular formula is C12H17BrN4. The molecule has 0 aromatic carbocycles. The third kappa shape index (κ3) is 2.66. The van der Waals surface area contributed by atoms with E-state index in [1.54, 1.807) is 0 Å². The average molecular weight is 297 g/mol. The highest BCUT2D eigenvalue weighted by atomic mass is 79.9. The minimum absolute atomic E-state index is 0.0638. The number of nitrogens with zero attached hydrogens (tertiary/aromatic N) is 3. The van der Waals surface area contributed by atoms with Crippen molar-refractivity contribution in [3.8, 4) is 0 Å². The van der Waals surface area contributed by atoms with Gasteiger partial charge in [-0.1, -0.05) is 20.8 Å². The van der Waals surface area contributed by atoms with E-state index in [9.17, 15) is 0 Å². The fraction of sp³-hybridized carbons (Fsp3) is 0.500. The van der Waals surface area contributed by atoms with Crippen LogP contribution in [0.4, 0.5) is 0 Å². The number of pyridine rings is 1. The molecule has 5 heteroatoms. The molecule has 1 atom stereocenters. The van der Waals surface area contributed by atoms with Gasteiger partial charge in [-0.2, -0.15) is 0 Å². The van der Waals surface area contributed by atoms with Gasteiger partial charge in [-0.3, -0.25) is 4.40 Å². The predicted octanol–water partition coefficient (Wildman–Crippen LogP) is 2.41. The molecule has 2 N–H and O–H groups in total. The zero-order chi connectivity index (χ0) is 12.6. The lowest BCUT2D eigenvalue weighted by Crippen LogP contribution is -2.37. The molecule has 0 bridgehead atoms. The van der Waals surface area contributed by atoms with Crippen molar-refractivity contribution in [1.82, 2.24) is 14.6 Å². The predicted molar refractivity (Wildman–Crippen MR) is 71.8 cm³/mol. The van der Waals surface area contributed by atoms with Crippen LogP contribution < -0.4 is 5.73 Å². The zero-order valence-corrected chi connectivity index (χ0v) is 11.9. The van der Waals surface area contributed by atoms with Crippen LogP contribution in [-0.2, 0) is 6.42 Å². The summed E-state index contributed by atoms with van der Waals surface area (Å²) in [5, 5.41) is 8.33. The third-order valence-corrected chi connectivity index (χ3v) is 3.42. The standard InChI is InChI=1S/C12H17BrN4/c1-12(2,3)9(14)6-11-16-15-10-5-4-8(13)7-17(10)11/h4-5,7,9H,6,14H2,1-3H3. The van der Waals surface area contributed by atoms with Crippen LogP contribution in [0.1, 0.15) is 26.6 Å². The first-order valence-electron chi connectivity index (χ1n) is 5.62. The summed E-state index contributed by atoms with van der Waals surface area (Å²) in [5.41, 5.74) is 7.10. The van der Waals surface area contributed by atoms with Crippen molar-refractivity contribution in [2.75, 3.05) is 0 Å². The number of aromatic nitrogens is 3. The Balaban J connectivity index is 2.33. The summed E-state index contributed by atoms with van der Waals surface area (Å²) >= 11 is 3.45. The molecule has 0 aliphatic heterocycles. The van der Waals surface area contributed by atoms with Crippen molar-refractivity contribution in [3.63, 3.8) is 0 Å². The average Bonchev–Trinajstić information content (AvgIpc) is 2.60. The summed E-state index contributed by atoms with van der Waals surface area (Å²) in [7, 11) is 0. The molecule has 4 nitrogen and oxygen atoms in total. The summed E-state index contributed by atoms with van der Waals surface area (Å²) < 4.78 is 2.99. The van der Waals surface area contributed by atoms with Crippen LogP contribution in [0.15, 0.2) is 22.8 Å². The fourth-order valence-corrected chi connectivity index (χ4v) is 1.89. The van der Waals surface area contributed by atoms with Crippen molar-refractivity contribution in [3.05, 3.63) is 28.6 Å². The first-order valence-corrected chi connectivity index (χ1v) is 6.42. The molecule has 1 unspecified atom stereocenters. The molecule has 0 radical (unpaired) electrons. The molecule has 0 aliphatic carbocycles. The topological polar surface area (TPSA) is 56.2 Å². The van der Waals surface area contributed by atoms with E-state index in [0.29, 0.717) is 0 Å². The van der Waals surface area contributed by atoms with E-state index in [4.69, 9.17) is 5.73 Å². The molecule has 92 valence electrons. The molecule has 17 heavy (non-hydrogen) atoms. The van der Waals surface area contributed by atoms with Gasteiger partial charge in [0, 0.05) is 23.1 Å². The molecule has 2 heterocycles. The molecule has 0 amide bonds. The summed E-state index contributed by atoms with van der Waals surface area (Å²) in [5.74, 6) is 0.906. The maximum absolute atomic E-state index is 6.18. The summed E-state index contributed by atoms with van der Waals surface area (Å²) in [6, 6.07) is 3.95. The highest BCUT2D eigenvalue weighted by Gasteiger charge is 2.22. The zero-order valence-electron chi connectivity index (χ0n) is 10.3. The molecule has 2 rings (SSSR count).